The molecule has 6 heteroatoms. The number of carboxylic acid groups (broad SMARTS) is 1. The lowest BCUT2D eigenvalue weighted by Crippen LogP contribution is -2.27. The molecule has 2 aromatic rings. The molecule has 110 valence electrons. The van der Waals surface area contributed by atoms with E-state index >= 15 is 0 Å². The average Bonchev–Trinajstić information content (AvgIpc) is 2.99. The topological polar surface area (TPSA) is 79.5 Å². The van der Waals surface area contributed by atoms with Gasteiger partial charge >= 0.3 is 5.97 Å². The highest BCUT2D eigenvalue weighted by Gasteiger charge is 2.14. The van der Waals surface area contributed by atoms with Gasteiger partial charge in [-0.25, -0.2) is 4.79 Å². The Morgan fingerprint density at radius 1 is 1.29 bits per heavy atom. The molecule has 1 amide bonds. The number of carbonyl (C=O) groups is 2. The Kier molecular flexibility index (Phi) is 5.05. The zero-order chi connectivity index (χ0) is 15.2. The largest absolute Gasteiger partial charge is 0.478 e. The normalized spacial score (nSPS) is 11.9. The minimum Gasteiger partial charge on any atom is -0.478 e. The second kappa shape index (κ2) is 6.99. The Hall–Kier alpha value is -2.21. The lowest BCUT2D eigenvalue weighted by Gasteiger charge is -2.11. The molecule has 1 aromatic carbocycles. The van der Waals surface area contributed by atoms with Crippen molar-refractivity contribution in [2.75, 3.05) is 5.75 Å². The van der Waals surface area contributed by atoms with E-state index in [0.29, 0.717) is 10.7 Å². The van der Waals surface area contributed by atoms with Crippen LogP contribution in [0.1, 0.15) is 29.1 Å². The number of nitrogens with one attached hydrogen (secondary N) is 1. The van der Waals surface area contributed by atoms with E-state index in [1.165, 1.54) is 17.8 Å². The molecule has 0 bridgehead atoms. The van der Waals surface area contributed by atoms with E-state index in [1.54, 1.807) is 36.6 Å². The van der Waals surface area contributed by atoms with Gasteiger partial charge in [-0.3, -0.25) is 4.79 Å². The molecule has 1 aromatic heterocycles. The summed E-state index contributed by atoms with van der Waals surface area (Å²) in [6.45, 7) is 1.83. The summed E-state index contributed by atoms with van der Waals surface area (Å²) < 4.78 is 5.21. The summed E-state index contributed by atoms with van der Waals surface area (Å²) in [5.41, 5.74) is 0.203. The third-order valence-corrected chi connectivity index (χ3v) is 3.90. The first kappa shape index (κ1) is 15.2. The monoisotopic (exact) mass is 305 g/mol. The number of hydrogen-bond donors (Lipinski definition) is 2. The smallest absolute Gasteiger partial charge is 0.336 e. The van der Waals surface area contributed by atoms with Crippen LogP contribution in [0, 0.1) is 0 Å². The average molecular weight is 305 g/mol. The molecule has 2 rings (SSSR count). The van der Waals surface area contributed by atoms with Gasteiger partial charge < -0.3 is 14.8 Å². The van der Waals surface area contributed by atoms with Crippen molar-refractivity contribution in [3.05, 3.63) is 54.0 Å². The summed E-state index contributed by atoms with van der Waals surface area (Å²) in [4.78, 5) is 23.5. The number of hydrogen-bond acceptors (Lipinski definition) is 4. The molecule has 0 unspecified atom stereocenters. The number of carbonyl (C=O) groups excluding carboxylic acids is 1. The Morgan fingerprint density at radius 3 is 2.71 bits per heavy atom. The van der Waals surface area contributed by atoms with Crippen LogP contribution >= 0.6 is 11.8 Å². The van der Waals surface area contributed by atoms with Gasteiger partial charge in [0.05, 0.1) is 23.6 Å². The fourth-order valence-electron chi connectivity index (χ4n) is 1.80. The lowest BCUT2D eigenvalue weighted by molar-refractivity contribution is -0.119. The van der Waals surface area contributed by atoms with Crippen LogP contribution in [0.3, 0.4) is 0 Å². The first-order valence-electron chi connectivity index (χ1n) is 6.36. The van der Waals surface area contributed by atoms with Gasteiger partial charge in [0.25, 0.3) is 0 Å². The van der Waals surface area contributed by atoms with Gasteiger partial charge in [0.15, 0.2) is 0 Å². The maximum atomic E-state index is 11.9. The highest BCUT2D eigenvalue weighted by Crippen LogP contribution is 2.22. The highest BCUT2D eigenvalue weighted by atomic mass is 32.2. The third-order valence-electron chi connectivity index (χ3n) is 2.82. The van der Waals surface area contributed by atoms with E-state index < -0.39 is 5.97 Å². The van der Waals surface area contributed by atoms with Crippen molar-refractivity contribution in [2.45, 2.75) is 17.9 Å². The van der Waals surface area contributed by atoms with Crippen molar-refractivity contribution in [1.82, 2.24) is 5.32 Å². The summed E-state index contributed by atoms with van der Waals surface area (Å²) >= 11 is 1.20. The van der Waals surface area contributed by atoms with Crippen molar-refractivity contribution in [3.63, 3.8) is 0 Å². The highest BCUT2D eigenvalue weighted by molar-refractivity contribution is 8.00. The number of aromatic carboxylic acids is 1. The Balaban J connectivity index is 1.91. The first-order valence-corrected chi connectivity index (χ1v) is 7.34. The number of benzene rings is 1. The fourth-order valence-corrected chi connectivity index (χ4v) is 2.66. The van der Waals surface area contributed by atoms with Crippen LogP contribution in [0.5, 0.6) is 0 Å². The number of thioether (sulfide) groups is 1. The van der Waals surface area contributed by atoms with Gasteiger partial charge in [0.2, 0.25) is 5.91 Å². The molecule has 5 nitrogen and oxygen atoms in total. The van der Waals surface area contributed by atoms with Crippen LogP contribution in [-0.2, 0) is 4.79 Å². The zero-order valence-electron chi connectivity index (χ0n) is 11.4. The van der Waals surface area contributed by atoms with Gasteiger partial charge in [-0.05, 0) is 31.2 Å². The molecule has 0 saturated carbocycles. The minimum absolute atomic E-state index is 0.148. The Labute approximate surface area is 126 Å². The molecule has 0 aliphatic rings. The van der Waals surface area contributed by atoms with Gasteiger partial charge in [-0.1, -0.05) is 12.1 Å². The van der Waals surface area contributed by atoms with E-state index in [1.807, 2.05) is 6.92 Å². The van der Waals surface area contributed by atoms with Crippen LogP contribution < -0.4 is 5.32 Å². The maximum absolute atomic E-state index is 11.9. The number of carboxylic acids is 1. The van der Waals surface area contributed by atoms with Crippen LogP contribution in [-0.4, -0.2) is 22.7 Å². The van der Waals surface area contributed by atoms with Crippen LogP contribution in [0.4, 0.5) is 0 Å². The lowest BCUT2D eigenvalue weighted by atomic mass is 10.2. The predicted octanol–water partition coefficient (Wildman–Crippen LogP) is 2.95. The molecular formula is C15H15NO4S. The van der Waals surface area contributed by atoms with E-state index in [-0.39, 0.29) is 23.3 Å². The minimum atomic E-state index is -0.998. The molecule has 1 heterocycles. The molecule has 0 fully saturated rings. The van der Waals surface area contributed by atoms with Crippen LogP contribution in [0.15, 0.2) is 52.0 Å². The predicted molar refractivity (Wildman–Crippen MR) is 79.4 cm³/mol. The molecule has 0 aliphatic carbocycles. The zero-order valence-corrected chi connectivity index (χ0v) is 12.2. The summed E-state index contributed by atoms with van der Waals surface area (Å²) in [7, 11) is 0. The Bertz CT molecular complexity index is 624. The summed E-state index contributed by atoms with van der Waals surface area (Å²) in [5, 5.41) is 11.9. The molecule has 0 saturated heterocycles. The fraction of sp³-hybridized carbons (Fsp3) is 0.200. The molecule has 1 atom stereocenters. The van der Waals surface area contributed by atoms with Crippen molar-refractivity contribution in [3.8, 4) is 0 Å². The number of furan rings is 1. The Morgan fingerprint density at radius 2 is 2.05 bits per heavy atom. The third kappa shape index (κ3) is 4.13. The first-order chi connectivity index (χ1) is 10.1. The molecule has 2 N–H and O–H groups in total. The van der Waals surface area contributed by atoms with Gasteiger partial charge in [-0.15, -0.1) is 11.8 Å². The molecule has 0 aliphatic heterocycles. The second-order valence-electron chi connectivity index (χ2n) is 4.39. The van der Waals surface area contributed by atoms with E-state index in [2.05, 4.69) is 5.32 Å². The van der Waals surface area contributed by atoms with Crippen molar-refractivity contribution in [1.29, 1.82) is 0 Å². The molecule has 21 heavy (non-hydrogen) atoms. The van der Waals surface area contributed by atoms with E-state index in [4.69, 9.17) is 9.52 Å². The standard InChI is InChI=1S/C15H15NO4S/c1-10(12-6-4-8-20-12)16-14(17)9-21-13-7-3-2-5-11(13)15(18)19/h2-8,10H,9H2,1H3,(H,16,17)(H,18,19)/t10-/m0/s1. The maximum Gasteiger partial charge on any atom is 0.336 e. The van der Waals surface area contributed by atoms with E-state index in [9.17, 15) is 9.59 Å². The van der Waals surface area contributed by atoms with E-state index in [0.717, 1.165) is 0 Å². The quantitative estimate of drug-likeness (QED) is 0.802. The summed E-state index contributed by atoms with van der Waals surface area (Å²) in [6, 6.07) is 9.95. The van der Waals surface area contributed by atoms with Crippen molar-refractivity contribution >= 4 is 23.6 Å². The van der Waals surface area contributed by atoms with Crippen LogP contribution in [0.25, 0.3) is 0 Å². The molecule has 0 spiro atoms. The second-order valence-corrected chi connectivity index (χ2v) is 5.41. The summed E-state index contributed by atoms with van der Waals surface area (Å²) in [6.07, 6.45) is 1.55. The van der Waals surface area contributed by atoms with Gasteiger partial charge in [0.1, 0.15) is 5.76 Å². The van der Waals surface area contributed by atoms with Gasteiger partial charge in [-0.2, -0.15) is 0 Å². The molecule has 0 radical (unpaired) electrons. The molecular weight excluding hydrogens is 290 g/mol. The van der Waals surface area contributed by atoms with Crippen molar-refractivity contribution in [2.24, 2.45) is 0 Å². The summed E-state index contributed by atoms with van der Waals surface area (Å²) in [5.74, 6) is -0.346. The van der Waals surface area contributed by atoms with Crippen molar-refractivity contribution < 1.29 is 19.1 Å². The number of rotatable bonds is 6. The SMILES string of the molecule is C[C@H](NC(=O)CSc1ccccc1C(=O)O)c1ccco1. The van der Waals surface area contributed by atoms with Crippen LogP contribution in [0.2, 0.25) is 0 Å². The van der Waals surface area contributed by atoms with Gasteiger partial charge in [0, 0.05) is 4.90 Å². The number of amides is 1.